The lowest BCUT2D eigenvalue weighted by molar-refractivity contribution is -0.161. The molecule has 0 aliphatic rings. The van der Waals surface area contributed by atoms with Crippen molar-refractivity contribution in [3.63, 3.8) is 0 Å². The summed E-state index contributed by atoms with van der Waals surface area (Å²) < 4.78 is 68.5. The predicted molar refractivity (Wildman–Crippen MR) is 386 cm³/mol. The molecule has 19 heteroatoms. The van der Waals surface area contributed by atoms with Crippen molar-refractivity contribution in [2.75, 3.05) is 39.6 Å². The first kappa shape index (κ1) is 93.1. The summed E-state index contributed by atoms with van der Waals surface area (Å²) in [6.45, 7) is 9.56. The van der Waals surface area contributed by atoms with Crippen molar-refractivity contribution in [3.05, 3.63) is 0 Å². The normalized spacial score (nSPS) is 14.0. The van der Waals surface area contributed by atoms with E-state index in [1.54, 1.807) is 0 Å². The number of rotatable bonds is 75. The van der Waals surface area contributed by atoms with Crippen LogP contribution in [0.15, 0.2) is 0 Å². The molecule has 0 radical (unpaired) electrons. The van der Waals surface area contributed by atoms with Crippen LogP contribution in [0.1, 0.15) is 395 Å². The fraction of sp³-hybridized carbons (Fsp3) is 0.947. The van der Waals surface area contributed by atoms with Crippen LogP contribution in [0.4, 0.5) is 0 Å². The van der Waals surface area contributed by atoms with Crippen LogP contribution >= 0.6 is 15.6 Å². The Hall–Kier alpha value is -1.94. The van der Waals surface area contributed by atoms with Crippen molar-refractivity contribution < 1.29 is 80.2 Å². The van der Waals surface area contributed by atoms with Crippen molar-refractivity contribution in [2.45, 2.75) is 413 Å². The van der Waals surface area contributed by atoms with E-state index in [2.05, 4.69) is 41.5 Å². The van der Waals surface area contributed by atoms with E-state index in [0.717, 1.165) is 102 Å². The number of unbranched alkanes of at least 4 members (excludes halogenated alkanes) is 45. The Kier molecular flexibility index (Phi) is 66.5. The number of hydrogen-bond donors (Lipinski definition) is 3. The molecule has 0 aromatic heterocycles. The van der Waals surface area contributed by atoms with Crippen molar-refractivity contribution in [1.29, 1.82) is 0 Å². The minimum absolute atomic E-state index is 0.106. The van der Waals surface area contributed by atoms with E-state index in [1.807, 2.05) is 0 Å². The van der Waals surface area contributed by atoms with Gasteiger partial charge in [-0.2, -0.15) is 0 Å². The molecule has 0 saturated heterocycles. The third-order valence-corrected chi connectivity index (χ3v) is 19.6. The first-order valence-electron chi connectivity index (χ1n) is 39.5. The summed E-state index contributed by atoms with van der Waals surface area (Å²) in [5.41, 5.74) is 0. The molecule has 0 bridgehead atoms. The molecule has 0 fully saturated rings. The van der Waals surface area contributed by atoms with Crippen molar-refractivity contribution >= 4 is 39.5 Å². The molecule has 3 N–H and O–H groups in total. The van der Waals surface area contributed by atoms with Crippen LogP contribution in [0, 0.1) is 11.8 Å². The average molecular weight is 1400 g/mol. The first-order valence-corrected chi connectivity index (χ1v) is 42.5. The standard InChI is InChI=1S/C76H148O17P2/c1-7-9-11-13-15-17-19-21-23-24-25-27-29-34-42-48-54-60-75(80)92-71(64-86-73(78)58-52-46-40-33-28-26-22-20-18-16-14-12-10-8-2)66-90-94(82,83)88-62-70(77)63-89-95(84,85)91-67-72(65-87-74(79)59-53-47-41-37-36-39-45-51-57-69(5)6)93-76(81)61-55-49-43-35-31-30-32-38-44-50-56-68(3)4/h68-72,77H,7-67H2,1-6H3,(H,82,83)(H,84,85)/t70-,71-,72-/m1/s1. The second-order valence-electron chi connectivity index (χ2n) is 28.3. The smallest absolute Gasteiger partial charge is 0.462 e. The lowest BCUT2D eigenvalue weighted by Gasteiger charge is -2.21. The summed E-state index contributed by atoms with van der Waals surface area (Å²) in [7, 11) is -9.91. The molecule has 0 aliphatic heterocycles. The first-order chi connectivity index (χ1) is 45.9. The van der Waals surface area contributed by atoms with E-state index in [4.69, 9.17) is 37.0 Å². The van der Waals surface area contributed by atoms with Crippen LogP contribution in [0.2, 0.25) is 0 Å². The molecule has 2 unspecified atom stereocenters. The van der Waals surface area contributed by atoms with Gasteiger partial charge in [0, 0.05) is 25.7 Å². The number of phosphoric ester groups is 2. The number of aliphatic hydroxyl groups excluding tert-OH is 1. The van der Waals surface area contributed by atoms with Crippen molar-refractivity contribution in [2.24, 2.45) is 11.8 Å². The third-order valence-electron chi connectivity index (χ3n) is 17.7. The molecule has 95 heavy (non-hydrogen) atoms. The Balaban J connectivity index is 5.25. The average Bonchev–Trinajstić information content (AvgIpc) is 3.46. The minimum Gasteiger partial charge on any atom is -0.462 e. The van der Waals surface area contributed by atoms with Gasteiger partial charge in [0.05, 0.1) is 26.4 Å². The van der Waals surface area contributed by atoms with Gasteiger partial charge in [-0.3, -0.25) is 37.3 Å². The summed E-state index contributed by atoms with van der Waals surface area (Å²) in [4.78, 5) is 72.8. The summed E-state index contributed by atoms with van der Waals surface area (Å²) in [6.07, 6.45) is 55.4. The largest absolute Gasteiger partial charge is 0.472 e. The molecular formula is C76H148O17P2. The second-order valence-corrected chi connectivity index (χ2v) is 31.3. The Morgan fingerprint density at radius 3 is 0.716 bits per heavy atom. The Bertz CT molecular complexity index is 1840. The quantitative estimate of drug-likeness (QED) is 0.0222. The molecule has 0 spiro atoms. The Labute approximate surface area is 581 Å². The summed E-state index contributed by atoms with van der Waals surface area (Å²) in [5.74, 6) is -0.636. The molecule has 17 nitrogen and oxygen atoms in total. The van der Waals surface area contributed by atoms with Crippen LogP contribution in [0.3, 0.4) is 0 Å². The number of ether oxygens (including phenoxy) is 4. The van der Waals surface area contributed by atoms with Gasteiger partial charge >= 0.3 is 39.5 Å². The number of esters is 4. The molecule has 0 aromatic carbocycles. The van der Waals surface area contributed by atoms with Gasteiger partial charge in [-0.1, -0.05) is 343 Å². The molecule has 0 aliphatic carbocycles. The second kappa shape index (κ2) is 67.9. The minimum atomic E-state index is -4.96. The zero-order valence-corrected chi connectivity index (χ0v) is 63.8. The number of phosphoric acid groups is 2. The molecule has 0 heterocycles. The molecular weight excluding hydrogens is 1250 g/mol. The number of carbonyl (C=O) groups excluding carboxylic acids is 4. The monoisotopic (exact) mass is 1400 g/mol. The molecule has 0 aromatic rings. The van der Waals surface area contributed by atoms with Gasteiger partial charge in [0.15, 0.2) is 12.2 Å². The molecule has 0 rings (SSSR count). The maximum Gasteiger partial charge on any atom is 0.472 e. The van der Waals surface area contributed by atoms with Crippen molar-refractivity contribution in [3.8, 4) is 0 Å². The number of aliphatic hydroxyl groups is 1. The lowest BCUT2D eigenvalue weighted by atomic mass is 10.0. The van der Waals surface area contributed by atoms with Gasteiger partial charge in [-0.15, -0.1) is 0 Å². The summed E-state index contributed by atoms with van der Waals surface area (Å²) in [5, 5.41) is 10.6. The van der Waals surface area contributed by atoms with Gasteiger partial charge < -0.3 is 33.8 Å². The van der Waals surface area contributed by atoms with Gasteiger partial charge in [0.25, 0.3) is 0 Å². The highest BCUT2D eigenvalue weighted by molar-refractivity contribution is 7.47. The summed E-state index contributed by atoms with van der Waals surface area (Å²) in [6, 6.07) is 0. The molecule has 0 saturated carbocycles. The zero-order valence-electron chi connectivity index (χ0n) is 62.0. The van der Waals surface area contributed by atoms with Gasteiger partial charge in [-0.05, 0) is 37.5 Å². The molecule has 5 atom stereocenters. The van der Waals surface area contributed by atoms with E-state index in [-0.39, 0.29) is 25.7 Å². The van der Waals surface area contributed by atoms with Crippen LogP contribution < -0.4 is 0 Å². The molecule has 564 valence electrons. The van der Waals surface area contributed by atoms with Gasteiger partial charge in [0.2, 0.25) is 0 Å². The highest BCUT2D eigenvalue weighted by Gasteiger charge is 2.30. The Morgan fingerprint density at radius 2 is 0.484 bits per heavy atom. The van der Waals surface area contributed by atoms with E-state index < -0.39 is 97.5 Å². The number of carbonyl (C=O) groups is 4. The fourth-order valence-corrected chi connectivity index (χ4v) is 13.2. The maximum absolute atomic E-state index is 13.1. The van der Waals surface area contributed by atoms with E-state index in [9.17, 15) is 43.2 Å². The lowest BCUT2D eigenvalue weighted by Crippen LogP contribution is -2.30. The predicted octanol–water partition coefficient (Wildman–Crippen LogP) is 22.3. The Morgan fingerprint density at radius 1 is 0.284 bits per heavy atom. The topological polar surface area (TPSA) is 237 Å². The summed E-state index contributed by atoms with van der Waals surface area (Å²) >= 11 is 0. The highest BCUT2D eigenvalue weighted by atomic mass is 31.2. The van der Waals surface area contributed by atoms with Crippen LogP contribution in [0.5, 0.6) is 0 Å². The number of hydrogen-bond acceptors (Lipinski definition) is 15. The van der Waals surface area contributed by atoms with Crippen LogP contribution in [-0.2, 0) is 65.4 Å². The van der Waals surface area contributed by atoms with Crippen molar-refractivity contribution in [1.82, 2.24) is 0 Å². The van der Waals surface area contributed by atoms with E-state index in [0.29, 0.717) is 25.7 Å². The van der Waals surface area contributed by atoms with E-state index in [1.165, 1.54) is 212 Å². The van der Waals surface area contributed by atoms with Crippen LogP contribution in [0.25, 0.3) is 0 Å². The van der Waals surface area contributed by atoms with E-state index >= 15 is 0 Å². The van der Waals surface area contributed by atoms with Crippen LogP contribution in [-0.4, -0.2) is 96.7 Å². The maximum atomic E-state index is 13.1. The van der Waals surface area contributed by atoms with Gasteiger partial charge in [0.1, 0.15) is 19.3 Å². The third kappa shape index (κ3) is 70.3. The zero-order chi connectivity index (χ0) is 70.0. The SMILES string of the molecule is CCCCCCCCCCCCCCCCCCCC(=O)O[C@H](COC(=O)CCCCCCCCCCCCCCCC)COP(=O)(O)OC[C@@H](O)COP(=O)(O)OC[C@@H](COC(=O)CCCCCCCCCCC(C)C)OC(=O)CCCCCCCCCCCCC(C)C. The highest BCUT2D eigenvalue weighted by Crippen LogP contribution is 2.45. The fourth-order valence-electron chi connectivity index (χ4n) is 11.7. The van der Waals surface area contributed by atoms with Gasteiger partial charge in [-0.25, -0.2) is 9.13 Å². The molecule has 0 amide bonds.